The van der Waals surface area contributed by atoms with E-state index in [9.17, 15) is 13.2 Å². The van der Waals surface area contributed by atoms with E-state index >= 15 is 0 Å². The van der Waals surface area contributed by atoms with Crippen LogP contribution in [-0.2, 0) is 6.18 Å². The molecule has 1 fully saturated rings. The third-order valence-corrected chi connectivity index (χ3v) is 6.29. The van der Waals surface area contributed by atoms with Gasteiger partial charge < -0.3 is 25.8 Å². The summed E-state index contributed by atoms with van der Waals surface area (Å²) in [6.45, 7) is 4.93. The molecule has 188 valence electrons. The van der Waals surface area contributed by atoms with Crippen molar-refractivity contribution in [2.75, 3.05) is 38.4 Å². The number of halogens is 3. The number of anilines is 2. The van der Waals surface area contributed by atoms with Crippen molar-refractivity contribution in [1.29, 1.82) is 0 Å². The molecular weight excluding hydrogens is 459 g/mol. The molecule has 0 aliphatic heterocycles. The van der Waals surface area contributed by atoms with Gasteiger partial charge in [-0.05, 0) is 63.6 Å². The molecule has 1 aliphatic rings. The summed E-state index contributed by atoms with van der Waals surface area (Å²) in [6.07, 6.45) is -2.30. The van der Waals surface area contributed by atoms with Crippen LogP contribution >= 0.6 is 0 Å². The number of methoxy groups -OCH3 is 1. The van der Waals surface area contributed by atoms with Crippen LogP contribution in [0, 0.1) is 12.3 Å². The fourth-order valence-corrected chi connectivity index (χ4v) is 4.17. The lowest BCUT2D eigenvalue weighted by Crippen LogP contribution is -2.25. The van der Waals surface area contributed by atoms with Crippen LogP contribution in [0.2, 0.25) is 0 Å². The number of aryl methyl sites for hydroxylation is 1. The molecule has 1 heterocycles. The van der Waals surface area contributed by atoms with Crippen LogP contribution in [0.1, 0.15) is 42.8 Å². The Morgan fingerprint density at radius 2 is 1.86 bits per heavy atom. The highest BCUT2D eigenvalue weighted by Gasteiger charge is 2.43. The number of benzene rings is 2. The topological polar surface area (TPSA) is 94.3 Å². The molecule has 0 amide bonds. The summed E-state index contributed by atoms with van der Waals surface area (Å²) in [6, 6.07) is 6.65. The van der Waals surface area contributed by atoms with Crippen molar-refractivity contribution in [1.82, 2.24) is 15.3 Å². The number of alkyl halides is 3. The largest absolute Gasteiger partial charge is 0.493 e. The zero-order chi connectivity index (χ0) is 25.4. The number of ether oxygens (including phenoxy) is 2. The first kappa shape index (κ1) is 24.8. The molecule has 0 unspecified atom stereocenters. The molecule has 1 aromatic heterocycles. The smallest absolute Gasteiger partial charge is 0.416 e. The van der Waals surface area contributed by atoms with Crippen LogP contribution in [0.15, 0.2) is 30.3 Å². The van der Waals surface area contributed by atoms with Gasteiger partial charge in [-0.1, -0.05) is 0 Å². The van der Waals surface area contributed by atoms with Gasteiger partial charge in [0, 0.05) is 29.1 Å². The van der Waals surface area contributed by atoms with Gasteiger partial charge in [-0.25, -0.2) is 9.97 Å². The molecule has 0 bridgehead atoms. The molecular formula is C25H30F3N5O2. The highest BCUT2D eigenvalue weighted by molar-refractivity contribution is 5.92. The number of hydrogen-bond acceptors (Lipinski definition) is 7. The molecule has 10 heteroatoms. The molecule has 1 aliphatic carbocycles. The molecule has 0 saturated heterocycles. The molecule has 3 aromatic rings. The summed E-state index contributed by atoms with van der Waals surface area (Å²) >= 11 is 0. The molecule has 7 nitrogen and oxygen atoms in total. The minimum Gasteiger partial charge on any atom is -0.493 e. The van der Waals surface area contributed by atoms with E-state index in [4.69, 9.17) is 15.2 Å². The summed E-state index contributed by atoms with van der Waals surface area (Å²) in [5.74, 6) is 2.12. The predicted molar refractivity (Wildman–Crippen MR) is 130 cm³/mol. The third kappa shape index (κ3) is 5.53. The molecule has 35 heavy (non-hydrogen) atoms. The highest BCUT2D eigenvalue weighted by atomic mass is 19.4. The fourth-order valence-electron chi connectivity index (χ4n) is 4.17. The zero-order valence-corrected chi connectivity index (χ0v) is 20.2. The first-order valence-electron chi connectivity index (χ1n) is 11.4. The Bertz CT molecular complexity index is 1230. The average molecular weight is 490 g/mol. The number of aromatic nitrogens is 2. The van der Waals surface area contributed by atoms with E-state index in [1.807, 2.05) is 13.1 Å². The van der Waals surface area contributed by atoms with Gasteiger partial charge in [-0.2, -0.15) is 13.2 Å². The van der Waals surface area contributed by atoms with E-state index in [0.717, 1.165) is 31.5 Å². The summed E-state index contributed by atoms with van der Waals surface area (Å²) in [5.41, 5.74) is 6.17. The molecule has 0 radical (unpaired) electrons. The minimum atomic E-state index is -4.49. The lowest BCUT2D eigenvalue weighted by Gasteiger charge is -2.20. The van der Waals surface area contributed by atoms with Crippen molar-refractivity contribution < 1.29 is 22.6 Å². The predicted octanol–water partition coefficient (Wildman–Crippen LogP) is 5.10. The Morgan fingerprint density at radius 3 is 2.49 bits per heavy atom. The Kier molecular flexibility index (Phi) is 6.68. The van der Waals surface area contributed by atoms with Crippen LogP contribution in [0.5, 0.6) is 11.5 Å². The molecule has 0 spiro atoms. The van der Waals surface area contributed by atoms with Crippen LogP contribution < -0.4 is 25.8 Å². The monoisotopic (exact) mass is 489 g/mol. The number of nitrogens with zero attached hydrogens (tertiary/aromatic N) is 2. The normalized spacial score (nSPS) is 15.6. The van der Waals surface area contributed by atoms with Crippen LogP contribution in [-0.4, -0.2) is 37.3 Å². The molecule has 4 N–H and O–H groups in total. The summed E-state index contributed by atoms with van der Waals surface area (Å²) in [7, 11) is 3.50. The van der Waals surface area contributed by atoms with Gasteiger partial charge in [0.05, 0.1) is 30.8 Å². The van der Waals surface area contributed by atoms with Gasteiger partial charge in [0.25, 0.3) is 0 Å². The number of hydrogen-bond donors (Lipinski definition) is 3. The highest BCUT2D eigenvalue weighted by Crippen LogP contribution is 2.46. The number of nitrogen functional groups attached to an aromatic ring is 1. The SMILES string of the molecule is CNCC1(COc2cc3c(N[C@H](C)c4cc(N)cc(C(F)(F)F)c4)nc(C)nc3cc2OC)CC1. The average Bonchev–Trinajstić information content (AvgIpc) is 3.56. The molecule has 1 saturated carbocycles. The number of nitrogens with two attached hydrogens (primary N) is 1. The third-order valence-electron chi connectivity index (χ3n) is 6.29. The quantitative estimate of drug-likeness (QED) is 0.360. The second kappa shape index (κ2) is 9.41. The summed E-state index contributed by atoms with van der Waals surface area (Å²) in [4.78, 5) is 9.04. The first-order chi connectivity index (χ1) is 16.5. The number of fused-ring (bicyclic) bond motifs is 1. The van der Waals surface area contributed by atoms with Crippen molar-refractivity contribution in [3.05, 3.63) is 47.3 Å². The maximum absolute atomic E-state index is 13.3. The van der Waals surface area contributed by atoms with E-state index in [-0.39, 0.29) is 11.1 Å². The van der Waals surface area contributed by atoms with E-state index in [1.165, 1.54) is 6.07 Å². The molecule has 2 aromatic carbocycles. The lowest BCUT2D eigenvalue weighted by molar-refractivity contribution is -0.137. The fraction of sp³-hybridized carbons (Fsp3) is 0.440. The molecule has 1 atom stereocenters. The van der Waals surface area contributed by atoms with E-state index in [2.05, 4.69) is 20.6 Å². The summed E-state index contributed by atoms with van der Waals surface area (Å²) in [5, 5.41) is 7.13. The summed E-state index contributed by atoms with van der Waals surface area (Å²) < 4.78 is 51.6. The van der Waals surface area contributed by atoms with Gasteiger partial charge in [0.15, 0.2) is 11.5 Å². The lowest BCUT2D eigenvalue weighted by atomic mass is 10.0. The van der Waals surface area contributed by atoms with Crippen LogP contribution in [0.3, 0.4) is 0 Å². The van der Waals surface area contributed by atoms with Crippen molar-refractivity contribution in [2.24, 2.45) is 5.41 Å². The maximum Gasteiger partial charge on any atom is 0.416 e. The van der Waals surface area contributed by atoms with Gasteiger partial charge in [-0.3, -0.25) is 0 Å². The van der Waals surface area contributed by atoms with Gasteiger partial charge >= 0.3 is 6.18 Å². The Labute approximate surface area is 202 Å². The Balaban J connectivity index is 1.67. The van der Waals surface area contributed by atoms with Crippen molar-refractivity contribution in [3.8, 4) is 11.5 Å². The second-order valence-electron chi connectivity index (χ2n) is 9.21. The van der Waals surface area contributed by atoms with Gasteiger partial charge in [0.2, 0.25) is 0 Å². The standard InChI is InChI=1S/C25H30F3N5O2/c1-14(16-7-17(25(26,27)28)9-18(29)8-16)31-23-19-10-22(35-13-24(5-6-24)12-30-3)21(34-4)11-20(19)32-15(2)33-23/h7-11,14,30H,5-6,12-13,29H2,1-4H3,(H,31,32,33)/t14-/m1/s1. The van der Waals surface area contributed by atoms with Crippen LogP contribution in [0.25, 0.3) is 10.9 Å². The zero-order valence-electron chi connectivity index (χ0n) is 20.2. The first-order valence-corrected chi connectivity index (χ1v) is 11.4. The Hall–Kier alpha value is -3.27. The number of rotatable bonds is 9. The number of nitrogens with one attached hydrogen (secondary N) is 2. The minimum absolute atomic E-state index is 0.0446. The van der Waals surface area contributed by atoms with E-state index in [0.29, 0.717) is 46.2 Å². The van der Waals surface area contributed by atoms with E-state index in [1.54, 1.807) is 27.0 Å². The van der Waals surface area contributed by atoms with Crippen molar-refractivity contribution in [3.63, 3.8) is 0 Å². The van der Waals surface area contributed by atoms with Crippen LogP contribution in [0.4, 0.5) is 24.7 Å². The van der Waals surface area contributed by atoms with Crippen molar-refractivity contribution in [2.45, 2.75) is 38.9 Å². The van der Waals surface area contributed by atoms with E-state index < -0.39 is 17.8 Å². The molecule has 4 rings (SSSR count). The van der Waals surface area contributed by atoms with Gasteiger partial charge in [-0.15, -0.1) is 0 Å². The maximum atomic E-state index is 13.3. The van der Waals surface area contributed by atoms with Gasteiger partial charge in [0.1, 0.15) is 11.6 Å². The van der Waals surface area contributed by atoms with Crippen molar-refractivity contribution >= 4 is 22.4 Å². The Morgan fingerprint density at radius 1 is 1.11 bits per heavy atom. The second-order valence-corrected chi connectivity index (χ2v) is 9.21.